The van der Waals surface area contributed by atoms with Crippen molar-refractivity contribution in [3.05, 3.63) is 0 Å². The van der Waals surface area contributed by atoms with Gasteiger partial charge < -0.3 is 25.5 Å². The summed E-state index contributed by atoms with van der Waals surface area (Å²) >= 11 is 0.897. The summed E-state index contributed by atoms with van der Waals surface area (Å²) in [6, 6.07) is -0.816. The van der Waals surface area contributed by atoms with E-state index in [0.29, 0.717) is 0 Å². The molecule has 2 saturated heterocycles. The number of hydrogen-bond donors (Lipinski definition) is 5. The van der Waals surface area contributed by atoms with Gasteiger partial charge in [0.1, 0.15) is 12.2 Å². The molecule has 2 rings (SSSR count). The highest BCUT2D eigenvalue weighted by molar-refractivity contribution is 8.01. The van der Waals surface area contributed by atoms with E-state index in [1.165, 1.54) is 4.90 Å². The maximum Gasteiger partial charge on any atom is 0.313 e. The molecule has 11 heteroatoms. The predicted octanol–water partition coefficient (Wildman–Crippen LogP) is -3.31. The Morgan fingerprint density at radius 3 is 2.44 bits per heavy atom. The van der Waals surface area contributed by atoms with Crippen LogP contribution in [0.5, 0.6) is 0 Å². The number of aliphatic carboxylic acids is 1. The number of nitrogens with zero attached hydrogens (tertiary/aromatic N) is 2. The van der Waals surface area contributed by atoms with Gasteiger partial charge in [-0.2, -0.15) is 0 Å². The Morgan fingerprint density at radius 1 is 1.16 bits per heavy atom. The van der Waals surface area contributed by atoms with Crippen LogP contribution < -0.4 is 0 Å². The van der Waals surface area contributed by atoms with Crippen LogP contribution in [0.4, 0.5) is 0 Å². The van der Waals surface area contributed by atoms with Crippen molar-refractivity contribution in [2.75, 3.05) is 32.0 Å². The van der Waals surface area contributed by atoms with Gasteiger partial charge in [-0.25, -0.2) is 0 Å². The number of carbonyl (C=O) groups is 3. The Kier molecular flexibility index (Phi) is 6.77. The molecule has 0 bridgehead atoms. The van der Waals surface area contributed by atoms with Gasteiger partial charge in [0.15, 0.2) is 0 Å². The number of thioether (sulfide) groups is 1. The first kappa shape index (κ1) is 20.1. The van der Waals surface area contributed by atoms with Crippen molar-refractivity contribution >= 4 is 29.5 Å². The SMILES string of the molecule is O=C(O)CSC1CC(=O)N(CCN2C[C@H](O)[C@@H](O)[C@@H](O)[C@H]2CO)C1=O. The summed E-state index contributed by atoms with van der Waals surface area (Å²) < 4.78 is 0. The summed E-state index contributed by atoms with van der Waals surface area (Å²) in [5.74, 6) is -2.21. The van der Waals surface area contributed by atoms with E-state index in [1.54, 1.807) is 0 Å². The molecule has 0 aromatic rings. The number of carboxylic acid groups (broad SMARTS) is 1. The van der Waals surface area contributed by atoms with Gasteiger partial charge in [0.05, 0.1) is 29.8 Å². The lowest BCUT2D eigenvalue weighted by atomic mass is 9.94. The fourth-order valence-electron chi connectivity index (χ4n) is 3.05. The molecule has 0 aromatic carbocycles. The summed E-state index contributed by atoms with van der Waals surface area (Å²) in [5, 5.41) is 46.7. The van der Waals surface area contributed by atoms with Crippen LogP contribution in [-0.4, -0.2) is 115 Å². The van der Waals surface area contributed by atoms with Crippen LogP contribution in [0.1, 0.15) is 6.42 Å². The van der Waals surface area contributed by atoms with E-state index >= 15 is 0 Å². The number of rotatable bonds is 7. The standard InChI is InChI=1S/C14H22N2O8S/c17-5-7-12(22)13(23)8(18)4-15(7)1-2-16-10(19)3-9(14(16)24)25-6-11(20)21/h7-9,12-13,17-18,22-23H,1-6H2,(H,20,21)/t7-,8+,9?,12+,13-/m1/s1. The molecule has 5 N–H and O–H groups in total. The van der Waals surface area contributed by atoms with Crippen molar-refractivity contribution in [2.24, 2.45) is 0 Å². The van der Waals surface area contributed by atoms with Crippen molar-refractivity contribution in [1.29, 1.82) is 0 Å². The van der Waals surface area contributed by atoms with Crippen LogP contribution in [0.25, 0.3) is 0 Å². The average Bonchev–Trinajstić information content (AvgIpc) is 2.82. The average molecular weight is 378 g/mol. The van der Waals surface area contributed by atoms with E-state index < -0.39 is 54.0 Å². The van der Waals surface area contributed by atoms with E-state index in [-0.39, 0.29) is 31.8 Å². The van der Waals surface area contributed by atoms with Crippen molar-refractivity contribution < 1.29 is 39.9 Å². The van der Waals surface area contributed by atoms with E-state index in [9.17, 15) is 34.8 Å². The van der Waals surface area contributed by atoms with Crippen LogP contribution in [0, 0.1) is 0 Å². The number of carbonyl (C=O) groups excluding carboxylic acids is 2. The van der Waals surface area contributed by atoms with Gasteiger partial charge in [-0.1, -0.05) is 0 Å². The number of aliphatic hydroxyl groups excluding tert-OH is 4. The number of piperidine rings is 1. The molecule has 2 amide bonds. The number of aliphatic hydroxyl groups is 4. The van der Waals surface area contributed by atoms with E-state index in [1.807, 2.05) is 0 Å². The summed E-state index contributed by atoms with van der Waals surface area (Å²) in [4.78, 5) is 37.3. The Morgan fingerprint density at radius 2 is 1.84 bits per heavy atom. The van der Waals surface area contributed by atoms with Crippen LogP contribution in [0.3, 0.4) is 0 Å². The Hall–Kier alpha value is -1.24. The van der Waals surface area contributed by atoms with Crippen LogP contribution in [0.15, 0.2) is 0 Å². The van der Waals surface area contributed by atoms with Crippen LogP contribution >= 0.6 is 11.8 Å². The normalized spacial score (nSPS) is 33.9. The lowest BCUT2D eigenvalue weighted by molar-refractivity contribution is -0.149. The maximum atomic E-state index is 12.2. The monoisotopic (exact) mass is 378 g/mol. The molecule has 5 atom stereocenters. The van der Waals surface area contributed by atoms with Gasteiger partial charge in [0.25, 0.3) is 0 Å². The molecule has 0 aliphatic carbocycles. The van der Waals surface area contributed by atoms with Crippen molar-refractivity contribution in [2.45, 2.75) is 36.0 Å². The third kappa shape index (κ3) is 4.49. The molecule has 0 radical (unpaired) electrons. The highest BCUT2D eigenvalue weighted by atomic mass is 32.2. The number of β-amino-alcohol motifs (C(OH)–C–C–N with tert-alkyl or cyclic N) is 1. The quantitative estimate of drug-likeness (QED) is 0.284. The number of amides is 2. The van der Waals surface area contributed by atoms with Gasteiger partial charge in [0.2, 0.25) is 11.8 Å². The van der Waals surface area contributed by atoms with E-state index in [0.717, 1.165) is 16.7 Å². The first-order valence-corrected chi connectivity index (χ1v) is 8.87. The first-order chi connectivity index (χ1) is 11.8. The molecular weight excluding hydrogens is 356 g/mol. The van der Waals surface area contributed by atoms with Crippen molar-refractivity contribution in [3.8, 4) is 0 Å². The molecular formula is C14H22N2O8S. The third-order valence-electron chi connectivity index (χ3n) is 4.44. The zero-order chi connectivity index (χ0) is 18.7. The highest BCUT2D eigenvalue weighted by Crippen LogP contribution is 2.25. The minimum atomic E-state index is -1.37. The number of imide groups is 1. The zero-order valence-corrected chi connectivity index (χ0v) is 14.2. The molecule has 2 fully saturated rings. The predicted molar refractivity (Wildman–Crippen MR) is 85.7 cm³/mol. The molecule has 10 nitrogen and oxygen atoms in total. The third-order valence-corrected chi connectivity index (χ3v) is 5.62. The largest absolute Gasteiger partial charge is 0.481 e. The number of carboxylic acids is 1. The van der Waals surface area contributed by atoms with E-state index in [2.05, 4.69) is 0 Å². The molecule has 0 spiro atoms. The summed E-state index contributed by atoms with van der Waals surface area (Å²) in [5.41, 5.74) is 0. The number of likely N-dealkylation sites (tertiary alicyclic amines) is 2. The maximum absolute atomic E-state index is 12.2. The molecule has 2 aliphatic rings. The second kappa shape index (κ2) is 8.43. The number of hydrogen-bond acceptors (Lipinski definition) is 9. The topological polar surface area (TPSA) is 159 Å². The van der Waals surface area contributed by atoms with Gasteiger partial charge in [0, 0.05) is 26.1 Å². The molecule has 2 heterocycles. The lowest BCUT2D eigenvalue weighted by Crippen LogP contribution is -2.63. The zero-order valence-electron chi connectivity index (χ0n) is 13.4. The van der Waals surface area contributed by atoms with Gasteiger partial charge in [-0.05, 0) is 0 Å². The minimum absolute atomic E-state index is 0.00612. The lowest BCUT2D eigenvalue weighted by Gasteiger charge is -2.43. The van der Waals surface area contributed by atoms with Crippen LogP contribution in [0.2, 0.25) is 0 Å². The minimum Gasteiger partial charge on any atom is -0.481 e. The Bertz CT molecular complexity index is 533. The smallest absolute Gasteiger partial charge is 0.313 e. The highest BCUT2D eigenvalue weighted by Gasteiger charge is 2.43. The summed E-state index contributed by atoms with van der Waals surface area (Å²) in [6.07, 6.45) is -4.00. The summed E-state index contributed by atoms with van der Waals surface area (Å²) in [7, 11) is 0. The van der Waals surface area contributed by atoms with Crippen molar-refractivity contribution in [1.82, 2.24) is 9.80 Å². The first-order valence-electron chi connectivity index (χ1n) is 7.83. The second-order valence-corrected chi connectivity index (χ2v) is 7.27. The summed E-state index contributed by atoms with van der Waals surface area (Å²) in [6.45, 7) is -0.367. The van der Waals surface area contributed by atoms with Crippen molar-refractivity contribution in [3.63, 3.8) is 0 Å². The molecule has 2 aliphatic heterocycles. The van der Waals surface area contributed by atoms with Gasteiger partial charge in [-0.3, -0.25) is 24.2 Å². The molecule has 1 unspecified atom stereocenters. The second-order valence-electron chi connectivity index (χ2n) is 6.07. The van der Waals surface area contributed by atoms with Gasteiger partial charge in [-0.15, -0.1) is 11.8 Å². The molecule has 142 valence electrons. The fourth-order valence-corrected chi connectivity index (χ4v) is 3.93. The van der Waals surface area contributed by atoms with Crippen LogP contribution in [-0.2, 0) is 14.4 Å². The Labute approximate surface area is 148 Å². The Balaban J connectivity index is 1.94. The fraction of sp³-hybridized carbons (Fsp3) is 0.786. The molecule has 0 aromatic heterocycles. The van der Waals surface area contributed by atoms with E-state index in [4.69, 9.17) is 5.11 Å². The van der Waals surface area contributed by atoms with Gasteiger partial charge >= 0.3 is 5.97 Å². The molecule has 0 saturated carbocycles. The molecule has 25 heavy (non-hydrogen) atoms.